The highest BCUT2D eigenvalue weighted by Gasteiger charge is 2.50. The van der Waals surface area contributed by atoms with Gasteiger partial charge in [-0.2, -0.15) is 0 Å². The number of carbonyl (C=O) groups is 4. The molecule has 47 heavy (non-hydrogen) atoms. The molecule has 0 saturated carbocycles. The van der Waals surface area contributed by atoms with E-state index in [4.69, 9.17) is 23.9 Å². The molecule has 0 spiro atoms. The van der Waals surface area contributed by atoms with Crippen molar-refractivity contribution in [2.24, 2.45) is 0 Å². The number of cyclic esters (lactones) is 1. The van der Waals surface area contributed by atoms with Crippen LogP contribution in [0.2, 0.25) is 19.1 Å². The standard InChI is InChI=1S/C34H41N3O9Si/c1-9-13-47(7,8)29-21-14-20(44-19(3)38)11-12-25(21)36-28-22(29)17-37-26(28)15-24-23(30(37)40)18-43-31(41)34(24,10-2)45-27(39)16-35-32(42)46-33(4,5)6/h11-12,14-15H,9-10,13,16-18H2,1-8H3,(H,35,42). The molecule has 2 aliphatic heterocycles. The number of nitrogens with one attached hydrogen (secondary N) is 1. The fraction of sp³-hybridized carbons (Fsp3) is 0.471. The van der Waals surface area contributed by atoms with Gasteiger partial charge in [0.25, 0.3) is 5.56 Å². The van der Waals surface area contributed by atoms with Crippen LogP contribution in [0.3, 0.4) is 0 Å². The van der Waals surface area contributed by atoms with E-state index in [1.807, 2.05) is 6.07 Å². The molecule has 0 aliphatic carbocycles. The SMILES string of the molecule is CCC[Si](C)(C)c1c2c(nc3ccc(OC(C)=O)cc13)-c1cc3c(c(=O)n1C2)COC(=O)C3(CC)OC(=O)CNC(=O)OC(C)(C)C. The molecular weight excluding hydrogens is 622 g/mol. The summed E-state index contributed by atoms with van der Waals surface area (Å²) in [5.41, 5.74) is 0.122. The van der Waals surface area contributed by atoms with Crippen LogP contribution in [0.5, 0.6) is 5.75 Å². The van der Waals surface area contributed by atoms with Crippen molar-refractivity contribution >= 4 is 48.2 Å². The molecule has 12 nitrogen and oxygen atoms in total. The Morgan fingerprint density at radius 3 is 2.47 bits per heavy atom. The maximum absolute atomic E-state index is 14.2. The van der Waals surface area contributed by atoms with Crippen LogP contribution in [0.4, 0.5) is 4.79 Å². The third-order valence-electron chi connectivity index (χ3n) is 8.50. The van der Waals surface area contributed by atoms with Crippen LogP contribution in [-0.4, -0.2) is 53.8 Å². The molecular formula is C34H41N3O9Si. The van der Waals surface area contributed by atoms with E-state index in [-0.39, 0.29) is 36.3 Å². The Morgan fingerprint density at radius 1 is 1.11 bits per heavy atom. The van der Waals surface area contributed by atoms with Crippen molar-refractivity contribution in [1.29, 1.82) is 0 Å². The number of aromatic nitrogens is 2. The lowest BCUT2D eigenvalue weighted by atomic mass is 9.85. The zero-order chi connectivity index (χ0) is 34.5. The highest BCUT2D eigenvalue weighted by atomic mass is 28.3. The van der Waals surface area contributed by atoms with E-state index in [1.165, 1.54) is 6.92 Å². The summed E-state index contributed by atoms with van der Waals surface area (Å²) < 4.78 is 23.5. The van der Waals surface area contributed by atoms with Crippen molar-refractivity contribution in [2.45, 2.75) is 97.9 Å². The first-order valence-corrected chi connectivity index (χ1v) is 19.0. The smallest absolute Gasteiger partial charge is 0.408 e. The molecule has 0 fully saturated rings. The van der Waals surface area contributed by atoms with E-state index in [0.29, 0.717) is 22.7 Å². The first kappa shape index (κ1) is 33.8. The van der Waals surface area contributed by atoms with Crippen molar-refractivity contribution in [3.05, 3.63) is 51.3 Å². The van der Waals surface area contributed by atoms with Crippen LogP contribution in [0, 0.1) is 0 Å². The van der Waals surface area contributed by atoms with Crippen molar-refractivity contribution < 1.29 is 38.1 Å². The van der Waals surface area contributed by atoms with Crippen LogP contribution in [0.15, 0.2) is 29.1 Å². The second-order valence-corrected chi connectivity index (χ2v) is 18.4. The fourth-order valence-corrected chi connectivity index (χ4v) is 10.1. The van der Waals surface area contributed by atoms with Gasteiger partial charge in [-0.25, -0.2) is 14.6 Å². The van der Waals surface area contributed by atoms with Gasteiger partial charge in [-0.05, 0) is 62.2 Å². The van der Waals surface area contributed by atoms with Crippen molar-refractivity contribution in [2.75, 3.05) is 6.54 Å². The topological polar surface area (TPSA) is 152 Å². The average molecular weight is 664 g/mol. The summed E-state index contributed by atoms with van der Waals surface area (Å²) in [4.78, 5) is 69.5. The normalized spacial score (nSPS) is 16.9. The molecule has 1 aromatic carbocycles. The Hall–Kier alpha value is -4.52. The molecule has 1 amide bonds. The van der Waals surface area contributed by atoms with Crippen LogP contribution in [0.1, 0.15) is 71.1 Å². The van der Waals surface area contributed by atoms with Crippen molar-refractivity contribution in [3.63, 3.8) is 0 Å². The summed E-state index contributed by atoms with van der Waals surface area (Å²) in [6.07, 6.45) is 0.135. The van der Waals surface area contributed by atoms with Gasteiger partial charge in [-0.1, -0.05) is 39.4 Å². The highest BCUT2D eigenvalue weighted by molar-refractivity contribution is 6.91. The van der Waals surface area contributed by atoms with Gasteiger partial charge in [0.05, 0.1) is 37.1 Å². The van der Waals surface area contributed by atoms with Crippen LogP contribution in [0.25, 0.3) is 22.3 Å². The maximum Gasteiger partial charge on any atom is 0.408 e. The zero-order valence-electron chi connectivity index (χ0n) is 28.1. The van der Waals surface area contributed by atoms with Gasteiger partial charge in [0.15, 0.2) is 0 Å². The first-order valence-electron chi connectivity index (χ1n) is 15.8. The molecule has 250 valence electrons. The molecule has 4 heterocycles. The summed E-state index contributed by atoms with van der Waals surface area (Å²) in [6.45, 7) is 14.2. The molecule has 0 radical (unpaired) electrons. The predicted octanol–water partition coefficient (Wildman–Crippen LogP) is 4.41. The van der Waals surface area contributed by atoms with Gasteiger partial charge in [-0.15, -0.1) is 0 Å². The lowest BCUT2D eigenvalue weighted by molar-refractivity contribution is -0.188. The summed E-state index contributed by atoms with van der Waals surface area (Å²) >= 11 is 0. The summed E-state index contributed by atoms with van der Waals surface area (Å²) in [5.74, 6) is -1.70. The number of amides is 1. The van der Waals surface area contributed by atoms with Gasteiger partial charge < -0.3 is 28.8 Å². The van der Waals surface area contributed by atoms with Gasteiger partial charge in [0, 0.05) is 17.9 Å². The first-order chi connectivity index (χ1) is 22.0. The Morgan fingerprint density at radius 2 is 1.83 bits per heavy atom. The van der Waals surface area contributed by atoms with Crippen molar-refractivity contribution in [1.82, 2.24) is 14.9 Å². The fourth-order valence-electron chi connectivity index (χ4n) is 6.66. The minimum Gasteiger partial charge on any atom is -0.457 e. The van der Waals surface area contributed by atoms with Gasteiger partial charge in [-0.3, -0.25) is 14.4 Å². The van der Waals surface area contributed by atoms with E-state index in [9.17, 15) is 24.0 Å². The molecule has 5 rings (SSSR count). The molecule has 1 atom stereocenters. The second kappa shape index (κ2) is 12.3. The quantitative estimate of drug-likeness (QED) is 0.124. The van der Waals surface area contributed by atoms with Gasteiger partial charge in [0.2, 0.25) is 5.60 Å². The molecule has 2 aliphatic rings. The lowest BCUT2D eigenvalue weighted by Gasteiger charge is -2.35. The number of ether oxygens (including phenoxy) is 4. The van der Waals surface area contributed by atoms with E-state index in [0.717, 1.165) is 28.6 Å². The number of nitrogens with zero attached hydrogens (tertiary/aromatic N) is 2. The summed E-state index contributed by atoms with van der Waals surface area (Å²) in [5, 5.41) is 4.36. The van der Waals surface area contributed by atoms with Gasteiger partial charge >= 0.3 is 24.0 Å². The van der Waals surface area contributed by atoms with E-state index < -0.39 is 49.8 Å². The minimum atomic E-state index is -2.14. The second-order valence-electron chi connectivity index (χ2n) is 13.6. The van der Waals surface area contributed by atoms with Crippen LogP contribution < -0.4 is 20.8 Å². The van der Waals surface area contributed by atoms with Crippen LogP contribution in [-0.2, 0) is 47.3 Å². The van der Waals surface area contributed by atoms with Crippen molar-refractivity contribution in [3.8, 4) is 17.1 Å². The number of hydrogen-bond acceptors (Lipinski definition) is 10. The number of carbonyl (C=O) groups excluding carboxylic acids is 4. The average Bonchev–Trinajstić information content (AvgIpc) is 3.33. The Bertz CT molecular complexity index is 1880. The summed E-state index contributed by atoms with van der Waals surface area (Å²) in [7, 11) is -2.14. The third kappa shape index (κ3) is 6.28. The number of hydrogen-bond donors (Lipinski definition) is 1. The Balaban J connectivity index is 1.64. The van der Waals surface area contributed by atoms with E-state index in [1.54, 1.807) is 50.5 Å². The summed E-state index contributed by atoms with van der Waals surface area (Å²) in [6, 6.07) is 8.04. The molecule has 0 bridgehead atoms. The molecule has 13 heteroatoms. The highest BCUT2D eigenvalue weighted by Crippen LogP contribution is 2.41. The predicted molar refractivity (Wildman–Crippen MR) is 176 cm³/mol. The molecule has 1 unspecified atom stereocenters. The number of benzene rings is 1. The Kier molecular flexibility index (Phi) is 8.82. The number of pyridine rings is 2. The third-order valence-corrected chi connectivity index (χ3v) is 12.2. The van der Waals surface area contributed by atoms with E-state index >= 15 is 0 Å². The molecule has 2 aromatic heterocycles. The van der Waals surface area contributed by atoms with Crippen LogP contribution >= 0.6 is 0 Å². The zero-order valence-corrected chi connectivity index (χ0v) is 29.1. The number of fused-ring (bicyclic) bond motifs is 5. The largest absolute Gasteiger partial charge is 0.457 e. The monoisotopic (exact) mass is 663 g/mol. The Labute approximate surface area is 273 Å². The number of alkyl carbamates (subject to hydrolysis) is 1. The molecule has 1 N–H and O–H groups in total. The molecule has 3 aromatic rings. The number of rotatable bonds is 8. The van der Waals surface area contributed by atoms with Gasteiger partial charge in [0.1, 0.15) is 24.5 Å². The minimum absolute atomic E-state index is 0.0153. The van der Waals surface area contributed by atoms with E-state index in [2.05, 4.69) is 25.3 Å². The molecule has 0 saturated heterocycles. The number of esters is 3. The maximum atomic E-state index is 14.2. The lowest BCUT2D eigenvalue weighted by Crippen LogP contribution is -2.49.